The van der Waals surface area contributed by atoms with Gasteiger partial charge >= 0.3 is 0 Å². The Hall–Kier alpha value is -1.53. The third-order valence-corrected chi connectivity index (χ3v) is 3.85. The van der Waals surface area contributed by atoms with Gasteiger partial charge in [0.05, 0.1) is 6.61 Å². The van der Waals surface area contributed by atoms with Gasteiger partial charge < -0.3 is 9.64 Å². The molecule has 2 atom stereocenters. The zero-order chi connectivity index (χ0) is 16.1. The number of methoxy groups -OCH3 is 1. The topological polar surface area (TPSA) is 29.5 Å². The Bertz CT molecular complexity index is 345. The lowest BCUT2D eigenvalue weighted by Crippen LogP contribution is -2.18. The summed E-state index contributed by atoms with van der Waals surface area (Å²) in [6.07, 6.45) is 19.2. The van der Waals surface area contributed by atoms with Gasteiger partial charge in [0.25, 0.3) is 0 Å². The molecule has 1 saturated carbocycles. The number of carbonyl (C=O) groups is 1. The molecule has 0 radical (unpaired) electrons. The largest absolute Gasteiger partial charge is 0.380 e. The number of carbonyl (C=O) groups excluding carboxylic acids is 1. The highest BCUT2D eigenvalue weighted by Crippen LogP contribution is 2.36. The van der Waals surface area contributed by atoms with E-state index in [1.807, 2.05) is 37.0 Å². The molecule has 1 aliphatic heterocycles. The van der Waals surface area contributed by atoms with E-state index in [0.29, 0.717) is 0 Å². The van der Waals surface area contributed by atoms with Crippen LogP contribution in [0.15, 0.2) is 23.8 Å². The quantitative estimate of drug-likeness (QED) is 0.452. The second-order valence-electron chi connectivity index (χ2n) is 5.48. The third-order valence-electron chi connectivity index (χ3n) is 3.85. The molecule has 1 amide bonds. The lowest BCUT2D eigenvalue weighted by atomic mass is 10.0. The molecule has 0 N–H and O–H groups in total. The summed E-state index contributed by atoms with van der Waals surface area (Å²) in [5, 5.41) is 0. The van der Waals surface area contributed by atoms with E-state index in [2.05, 4.69) is 12.8 Å². The van der Waals surface area contributed by atoms with Gasteiger partial charge in [-0.05, 0) is 44.1 Å². The number of terminal acetylenes is 1. The summed E-state index contributed by atoms with van der Waals surface area (Å²) in [5.41, 5.74) is 1.25. The van der Waals surface area contributed by atoms with Crippen LogP contribution < -0.4 is 0 Å². The predicted molar refractivity (Wildman–Crippen MR) is 88.8 cm³/mol. The maximum absolute atomic E-state index is 10.4. The Morgan fingerprint density at radius 1 is 1.29 bits per heavy atom. The Labute approximate surface area is 130 Å². The highest BCUT2D eigenvalue weighted by Gasteiger charge is 2.35. The van der Waals surface area contributed by atoms with E-state index in [0.717, 1.165) is 37.9 Å². The van der Waals surface area contributed by atoms with Crippen molar-refractivity contribution in [3.63, 3.8) is 0 Å². The molecule has 0 aromatic heterocycles. The molecule has 0 aromatic rings. The lowest BCUT2D eigenvalue weighted by Gasteiger charge is -2.08. The van der Waals surface area contributed by atoms with Crippen LogP contribution in [0.4, 0.5) is 0 Å². The number of likely N-dealkylation sites (tertiary alicyclic amines) is 1. The molecule has 2 unspecified atom stereocenters. The van der Waals surface area contributed by atoms with Crippen LogP contribution in [0.2, 0.25) is 0 Å². The lowest BCUT2D eigenvalue weighted by molar-refractivity contribution is -0.117. The zero-order valence-corrected chi connectivity index (χ0v) is 13.6. The fourth-order valence-electron chi connectivity index (χ4n) is 2.89. The monoisotopic (exact) mass is 291 g/mol. The van der Waals surface area contributed by atoms with Crippen LogP contribution in [-0.2, 0) is 9.53 Å². The summed E-state index contributed by atoms with van der Waals surface area (Å²) in [6.45, 7) is 6.84. The number of rotatable bonds is 4. The van der Waals surface area contributed by atoms with E-state index >= 15 is 0 Å². The fraction of sp³-hybridized carbons (Fsp3) is 0.611. The third kappa shape index (κ3) is 7.72. The Balaban J connectivity index is 0.000000344. The van der Waals surface area contributed by atoms with Crippen LogP contribution in [0.25, 0.3) is 0 Å². The summed E-state index contributed by atoms with van der Waals surface area (Å²) in [7, 11) is 1.70. The smallest absolute Gasteiger partial charge is 0.209 e. The van der Waals surface area contributed by atoms with Gasteiger partial charge in [-0.15, -0.1) is 12.8 Å². The Morgan fingerprint density at radius 3 is 2.29 bits per heavy atom. The molecular weight excluding hydrogens is 262 g/mol. The summed E-state index contributed by atoms with van der Waals surface area (Å²) in [5.74, 6) is 1.70. The standard InChI is InChI=1S/C8H13NO.C8H14O.C2H2/c10-6-9-4-7-2-1-3-8(7)5-9;1-4-5-6-8(2)7-9-3;1-2/h6-8H,1-5H2;4-6H,7H2,1-3H3;1-2H/b;5-4-,8-6+;. The number of hydrogen-bond donors (Lipinski definition) is 0. The van der Waals surface area contributed by atoms with Crippen molar-refractivity contribution in [1.29, 1.82) is 0 Å². The molecule has 21 heavy (non-hydrogen) atoms. The van der Waals surface area contributed by atoms with Crippen molar-refractivity contribution in [2.45, 2.75) is 33.1 Å². The molecule has 3 nitrogen and oxygen atoms in total. The second-order valence-corrected chi connectivity index (χ2v) is 5.48. The minimum Gasteiger partial charge on any atom is -0.380 e. The molecule has 1 heterocycles. The van der Waals surface area contributed by atoms with Crippen molar-refractivity contribution in [2.24, 2.45) is 11.8 Å². The number of allylic oxidation sites excluding steroid dienone is 3. The van der Waals surface area contributed by atoms with Crippen molar-refractivity contribution in [1.82, 2.24) is 4.90 Å². The first kappa shape index (κ1) is 19.5. The highest BCUT2D eigenvalue weighted by molar-refractivity contribution is 5.47. The molecule has 2 aliphatic rings. The van der Waals surface area contributed by atoms with E-state index in [1.54, 1.807) is 7.11 Å². The Kier molecular flexibility index (Phi) is 11.3. The van der Waals surface area contributed by atoms with Crippen LogP contribution in [0.3, 0.4) is 0 Å². The van der Waals surface area contributed by atoms with Crippen LogP contribution in [0.5, 0.6) is 0 Å². The minimum absolute atomic E-state index is 0.727. The molecule has 1 aliphatic carbocycles. The van der Waals surface area contributed by atoms with Gasteiger partial charge in [-0.1, -0.05) is 24.6 Å². The number of fused-ring (bicyclic) bond motifs is 1. The van der Waals surface area contributed by atoms with E-state index in [1.165, 1.54) is 24.8 Å². The van der Waals surface area contributed by atoms with Crippen molar-refractivity contribution in [2.75, 3.05) is 26.8 Å². The normalized spacial score (nSPS) is 23.9. The maximum atomic E-state index is 10.4. The molecular formula is C18H29NO2. The first-order chi connectivity index (χ1) is 10.2. The molecule has 1 saturated heterocycles. The van der Waals surface area contributed by atoms with Crippen molar-refractivity contribution < 1.29 is 9.53 Å². The van der Waals surface area contributed by atoms with Gasteiger partial charge in [0.15, 0.2) is 0 Å². The molecule has 118 valence electrons. The summed E-state index contributed by atoms with van der Waals surface area (Å²) < 4.78 is 4.90. The maximum Gasteiger partial charge on any atom is 0.209 e. The molecule has 2 rings (SSSR count). The summed E-state index contributed by atoms with van der Waals surface area (Å²) in [6, 6.07) is 0. The Morgan fingerprint density at radius 2 is 1.86 bits per heavy atom. The zero-order valence-electron chi connectivity index (χ0n) is 13.6. The SMILES string of the molecule is C#C.C/C=C\C=C(/C)COC.O=CN1CC2CCCC2C1. The number of ether oxygens (including phenoxy) is 1. The van der Waals surface area contributed by atoms with E-state index < -0.39 is 0 Å². The van der Waals surface area contributed by atoms with E-state index in [9.17, 15) is 4.79 Å². The van der Waals surface area contributed by atoms with Gasteiger partial charge in [0, 0.05) is 20.2 Å². The van der Waals surface area contributed by atoms with Crippen molar-refractivity contribution in [3.05, 3.63) is 23.8 Å². The second kappa shape index (κ2) is 12.2. The van der Waals surface area contributed by atoms with Crippen LogP contribution in [-0.4, -0.2) is 38.1 Å². The molecule has 3 heteroatoms. The molecule has 0 aromatic carbocycles. The van der Waals surface area contributed by atoms with Gasteiger partial charge in [-0.2, -0.15) is 0 Å². The number of nitrogens with zero attached hydrogens (tertiary/aromatic N) is 1. The van der Waals surface area contributed by atoms with Gasteiger partial charge in [0.2, 0.25) is 6.41 Å². The van der Waals surface area contributed by atoms with Gasteiger partial charge in [0.1, 0.15) is 0 Å². The number of hydrogen-bond acceptors (Lipinski definition) is 2. The predicted octanol–water partition coefficient (Wildman–Crippen LogP) is 3.28. The first-order valence-electron chi connectivity index (χ1n) is 7.51. The molecule has 0 bridgehead atoms. The average Bonchev–Trinajstić information content (AvgIpc) is 3.09. The number of amides is 1. The molecule has 0 spiro atoms. The minimum atomic E-state index is 0.727. The van der Waals surface area contributed by atoms with Gasteiger partial charge in [-0.3, -0.25) is 4.79 Å². The van der Waals surface area contributed by atoms with E-state index in [4.69, 9.17) is 4.74 Å². The van der Waals surface area contributed by atoms with Crippen molar-refractivity contribution in [3.8, 4) is 12.8 Å². The van der Waals surface area contributed by atoms with Crippen LogP contribution in [0.1, 0.15) is 33.1 Å². The summed E-state index contributed by atoms with van der Waals surface area (Å²) in [4.78, 5) is 12.3. The molecule has 2 fully saturated rings. The highest BCUT2D eigenvalue weighted by atomic mass is 16.5. The average molecular weight is 291 g/mol. The van der Waals surface area contributed by atoms with Crippen LogP contribution >= 0.6 is 0 Å². The fourth-order valence-corrected chi connectivity index (χ4v) is 2.89. The van der Waals surface area contributed by atoms with E-state index in [-0.39, 0.29) is 0 Å². The van der Waals surface area contributed by atoms with Crippen molar-refractivity contribution >= 4 is 6.41 Å². The first-order valence-corrected chi connectivity index (χ1v) is 7.51. The van der Waals surface area contributed by atoms with Crippen LogP contribution in [0, 0.1) is 24.7 Å². The summed E-state index contributed by atoms with van der Waals surface area (Å²) >= 11 is 0. The van der Waals surface area contributed by atoms with Gasteiger partial charge in [-0.25, -0.2) is 0 Å².